The summed E-state index contributed by atoms with van der Waals surface area (Å²) in [7, 11) is 0. The summed E-state index contributed by atoms with van der Waals surface area (Å²) in [5.41, 5.74) is 1.54. The van der Waals surface area contributed by atoms with Crippen molar-refractivity contribution in [2.75, 3.05) is 0 Å². The quantitative estimate of drug-likeness (QED) is 0.278. The fraction of sp³-hybridized carbons (Fsp3) is 0.667. The molecule has 0 aromatic heterocycles. The molecule has 70 valence electrons. The summed E-state index contributed by atoms with van der Waals surface area (Å²) in [5.74, 6) is -0.453. The number of carbonyl (C=O) groups is 1. The van der Waals surface area contributed by atoms with Crippen LogP contribution in [0.4, 0.5) is 0 Å². The van der Waals surface area contributed by atoms with Crippen LogP contribution in [-0.4, -0.2) is 11.1 Å². The highest BCUT2D eigenvalue weighted by atomic mass is 16.5. The molecule has 0 heterocycles. The Morgan fingerprint density at radius 3 is 2.75 bits per heavy atom. The van der Waals surface area contributed by atoms with Crippen LogP contribution in [0.3, 0.4) is 0 Å². The molecule has 3 heteroatoms. The Balaban J connectivity index is 3.18. The lowest BCUT2D eigenvalue weighted by Crippen LogP contribution is -2.14. The van der Waals surface area contributed by atoms with Crippen molar-refractivity contribution < 1.29 is 10.0 Å². The van der Waals surface area contributed by atoms with E-state index >= 15 is 0 Å². The van der Waals surface area contributed by atoms with Crippen molar-refractivity contribution in [3.05, 3.63) is 12.2 Å². The van der Waals surface area contributed by atoms with Crippen LogP contribution in [0.1, 0.15) is 39.0 Å². The zero-order valence-corrected chi connectivity index (χ0v) is 7.55. The normalized spacial score (nSPS) is 10.5. The average molecular weight is 171 g/mol. The standard InChI is InChI=1S/C9H17NO2/c1-2-3-4-5-6-7-8-9(11)10-12/h7-8,12H,2-6H2,1H3,(H,10,11). The van der Waals surface area contributed by atoms with E-state index in [1.54, 1.807) is 11.6 Å². The first kappa shape index (κ1) is 11.2. The SMILES string of the molecule is CCCCCCC=CC(=O)NO. The Hall–Kier alpha value is -0.830. The van der Waals surface area contributed by atoms with Crippen LogP contribution < -0.4 is 5.48 Å². The van der Waals surface area contributed by atoms with Gasteiger partial charge >= 0.3 is 0 Å². The summed E-state index contributed by atoms with van der Waals surface area (Å²) in [6.07, 6.45) is 8.84. The average Bonchev–Trinajstić information content (AvgIpc) is 2.10. The molecule has 1 amide bonds. The third kappa shape index (κ3) is 7.28. The Morgan fingerprint density at radius 1 is 1.42 bits per heavy atom. The zero-order valence-electron chi connectivity index (χ0n) is 7.55. The van der Waals surface area contributed by atoms with E-state index in [9.17, 15) is 4.79 Å². The number of carbonyl (C=O) groups excluding carboxylic acids is 1. The maximum Gasteiger partial charge on any atom is 0.267 e. The summed E-state index contributed by atoms with van der Waals surface area (Å²) in [5, 5.41) is 8.12. The van der Waals surface area contributed by atoms with E-state index in [1.165, 1.54) is 25.3 Å². The molecule has 0 fully saturated rings. The molecular formula is C9H17NO2. The molecule has 0 saturated carbocycles. The van der Waals surface area contributed by atoms with E-state index in [0.717, 1.165) is 12.8 Å². The van der Waals surface area contributed by atoms with E-state index in [2.05, 4.69) is 6.92 Å². The van der Waals surface area contributed by atoms with Gasteiger partial charge in [0.15, 0.2) is 0 Å². The van der Waals surface area contributed by atoms with Gasteiger partial charge in [-0.15, -0.1) is 0 Å². The number of hydroxylamine groups is 1. The minimum Gasteiger partial charge on any atom is -0.288 e. The molecule has 0 aromatic rings. The largest absolute Gasteiger partial charge is 0.288 e. The molecule has 0 atom stereocenters. The number of hydrogen-bond donors (Lipinski definition) is 2. The van der Waals surface area contributed by atoms with Gasteiger partial charge in [0.25, 0.3) is 5.91 Å². The minimum atomic E-state index is -0.453. The second kappa shape index (κ2) is 8.27. The van der Waals surface area contributed by atoms with Crippen molar-refractivity contribution in [2.24, 2.45) is 0 Å². The smallest absolute Gasteiger partial charge is 0.267 e. The van der Waals surface area contributed by atoms with Gasteiger partial charge in [-0.1, -0.05) is 32.3 Å². The molecule has 0 aliphatic heterocycles. The summed E-state index contributed by atoms with van der Waals surface area (Å²) >= 11 is 0. The van der Waals surface area contributed by atoms with Crippen molar-refractivity contribution in [3.8, 4) is 0 Å². The van der Waals surface area contributed by atoms with E-state index in [0.29, 0.717) is 0 Å². The number of amides is 1. The Morgan fingerprint density at radius 2 is 2.17 bits per heavy atom. The van der Waals surface area contributed by atoms with Gasteiger partial charge in [-0.05, 0) is 12.8 Å². The van der Waals surface area contributed by atoms with Crippen molar-refractivity contribution in [1.82, 2.24) is 5.48 Å². The summed E-state index contributed by atoms with van der Waals surface area (Å²) < 4.78 is 0. The van der Waals surface area contributed by atoms with E-state index < -0.39 is 5.91 Å². The molecule has 0 rings (SSSR count). The van der Waals surface area contributed by atoms with Crippen molar-refractivity contribution in [3.63, 3.8) is 0 Å². The molecule has 0 radical (unpaired) electrons. The molecule has 12 heavy (non-hydrogen) atoms. The summed E-state index contributed by atoms with van der Waals surface area (Å²) in [6, 6.07) is 0. The van der Waals surface area contributed by atoms with Gasteiger partial charge < -0.3 is 0 Å². The maximum absolute atomic E-state index is 10.5. The predicted octanol–water partition coefficient (Wildman–Crippen LogP) is 2.02. The van der Waals surface area contributed by atoms with Crippen LogP contribution in [0, 0.1) is 0 Å². The highest BCUT2D eigenvalue weighted by molar-refractivity contribution is 5.86. The first-order chi connectivity index (χ1) is 5.81. The second-order valence-electron chi connectivity index (χ2n) is 2.73. The van der Waals surface area contributed by atoms with E-state index in [4.69, 9.17) is 5.21 Å². The van der Waals surface area contributed by atoms with Crippen LogP contribution in [0.5, 0.6) is 0 Å². The van der Waals surface area contributed by atoms with Crippen molar-refractivity contribution in [1.29, 1.82) is 0 Å². The van der Waals surface area contributed by atoms with Crippen LogP contribution in [0.15, 0.2) is 12.2 Å². The van der Waals surface area contributed by atoms with Crippen molar-refractivity contribution >= 4 is 5.91 Å². The number of allylic oxidation sites excluding steroid dienone is 1. The first-order valence-corrected chi connectivity index (χ1v) is 4.42. The molecule has 0 aliphatic carbocycles. The lowest BCUT2D eigenvalue weighted by atomic mass is 10.1. The number of unbranched alkanes of at least 4 members (excludes halogenated alkanes) is 4. The van der Waals surface area contributed by atoms with Gasteiger partial charge in [0, 0.05) is 6.08 Å². The zero-order chi connectivity index (χ0) is 9.23. The van der Waals surface area contributed by atoms with Gasteiger partial charge in [-0.3, -0.25) is 10.0 Å². The topological polar surface area (TPSA) is 49.3 Å². The van der Waals surface area contributed by atoms with Gasteiger partial charge in [0.05, 0.1) is 0 Å². The Kier molecular flexibility index (Phi) is 7.70. The van der Waals surface area contributed by atoms with Gasteiger partial charge in [-0.2, -0.15) is 0 Å². The third-order valence-corrected chi connectivity index (χ3v) is 1.60. The fourth-order valence-electron chi connectivity index (χ4n) is 0.917. The minimum absolute atomic E-state index is 0.453. The molecule has 0 aromatic carbocycles. The molecule has 0 bridgehead atoms. The molecule has 0 aliphatic rings. The maximum atomic E-state index is 10.5. The predicted molar refractivity (Wildman–Crippen MR) is 47.8 cm³/mol. The van der Waals surface area contributed by atoms with Gasteiger partial charge in [0.2, 0.25) is 0 Å². The fourth-order valence-corrected chi connectivity index (χ4v) is 0.917. The Bertz CT molecular complexity index is 143. The van der Waals surface area contributed by atoms with Crippen LogP contribution in [0.25, 0.3) is 0 Å². The van der Waals surface area contributed by atoms with Crippen LogP contribution >= 0.6 is 0 Å². The Labute approximate surface area is 73.4 Å². The summed E-state index contributed by atoms with van der Waals surface area (Å²) in [4.78, 5) is 10.5. The highest BCUT2D eigenvalue weighted by Gasteiger charge is 1.88. The van der Waals surface area contributed by atoms with Crippen molar-refractivity contribution in [2.45, 2.75) is 39.0 Å². The van der Waals surface area contributed by atoms with Crippen LogP contribution in [-0.2, 0) is 4.79 Å². The van der Waals surface area contributed by atoms with Crippen LogP contribution in [0.2, 0.25) is 0 Å². The number of nitrogens with one attached hydrogen (secondary N) is 1. The van der Waals surface area contributed by atoms with E-state index in [1.807, 2.05) is 0 Å². The molecule has 3 nitrogen and oxygen atoms in total. The number of hydrogen-bond acceptors (Lipinski definition) is 2. The molecule has 0 unspecified atom stereocenters. The lowest BCUT2D eigenvalue weighted by Gasteiger charge is -1.93. The molecular weight excluding hydrogens is 154 g/mol. The summed E-state index contributed by atoms with van der Waals surface area (Å²) in [6.45, 7) is 2.16. The molecule has 2 N–H and O–H groups in total. The van der Waals surface area contributed by atoms with Gasteiger partial charge in [0.1, 0.15) is 0 Å². The highest BCUT2D eigenvalue weighted by Crippen LogP contribution is 2.02. The monoisotopic (exact) mass is 171 g/mol. The number of rotatable bonds is 6. The second-order valence-corrected chi connectivity index (χ2v) is 2.73. The van der Waals surface area contributed by atoms with E-state index in [-0.39, 0.29) is 0 Å². The lowest BCUT2D eigenvalue weighted by molar-refractivity contribution is -0.124. The van der Waals surface area contributed by atoms with Gasteiger partial charge in [-0.25, -0.2) is 5.48 Å². The first-order valence-electron chi connectivity index (χ1n) is 4.42. The molecule has 0 saturated heterocycles. The third-order valence-electron chi connectivity index (χ3n) is 1.60. The molecule has 0 spiro atoms.